The third-order valence-corrected chi connectivity index (χ3v) is 5.66. The van der Waals surface area contributed by atoms with Gasteiger partial charge in [-0.25, -0.2) is 4.79 Å². The summed E-state index contributed by atoms with van der Waals surface area (Å²) in [5.41, 5.74) is 2.43. The monoisotopic (exact) mass is 388 g/mol. The lowest BCUT2D eigenvalue weighted by Crippen LogP contribution is -2.64. The summed E-state index contributed by atoms with van der Waals surface area (Å²) >= 11 is 0. The van der Waals surface area contributed by atoms with E-state index >= 15 is 0 Å². The Morgan fingerprint density at radius 1 is 1.29 bits per heavy atom. The fourth-order valence-electron chi connectivity index (χ4n) is 4.26. The second-order valence-electron chi connectivity index (χ2n) is 8.01. The van der Waals surface area contributed by atoms with E-state index in [-0.39, 0.29) is 29.9 Å². The Balaban J connectivity index is 1.54. The lowest BCUT2D eigenvalue weighted by molar-refractivity contribution is -0.214. The van der Waals surface area contributed by atoms with Gasteiger partial charge in [-0.2, -0.15) is 0 Å². The van der Waals surface area contributed by atoms with E-state index in [0.717, 1.165) is 16.6 Å². The van der Waals surface area contributed by atoms with Crippen LogP contribution in [0.25, 0.3) is 10.9 Å². The Hall–Kier alpha value is -1.93. The highest BCUT2D eigenvalue weighted by Gasteiger charge is 2.38. The highest BCUT2D eigenvalue weighted by molar-refractivity contribution is 6.05. The highest BCUT2D eigenvalue weighted by Crippen LogP contribution is 2.32. The molecule has 0 bridgehead atoms. The van der Waals surface area contributed by atoms with Crippen LogP contribution in [0.4, 0.5) is 0 Å². The Bertz CT molecular complexity index is 865. The van der Waals surface area contributed by atoms with Crippen molar-refractivity contribution in [3.8, 4) is 0 Å². The maximum Gasteiger partial charge on any atom is 0.340 e. The van der Waals surface area contributed by atoms with Crippen molar-refractivity contribution in [2.45, 2.75) is 44.7 Å². The molecule has 0 spiro atoms. The summed E-state index contributed by atoms with van der Waals surface area (Å²) in [5, 5.41) is 4.44. The lowest BCUT2D eigenvalue weighted by atomic mass is 9.99. The molecule has 7 nitrogen and oxygen atoms in total. The summed E-state index contributed by atoms with van der Waals surface area (Å²) in [6.45, 7) is 8.73. The van der Waals surface area contributed by atoms with Crippen LogP contribution >= 0.6 is 0 Å². The van der Waals surface area contributed by atoms with Crippen LogP contribution in [0.5, 0.6) is 0 Å². The molecule has 0 radical (unpaired) electrons. The minimum atomic E-state index is -0.386. The summed E-state index contributed by atoms with van der Waals surface area (Å²) in [7, 11) is 1.41. The third kappa shape index (κ3) is 3.33. The van der Waals surface area contributed by atoms with Crippen molar-refractivity contribution in [1.82, 2.24) is 9.88 Å². The topological polar surface area (TPSA) is 71.0 Å². The van der Waals surface area contributed by atoms with Crippen molar-refractivity contribution in [2.24, 2.45) is 0 Å². The number of hydrogen-bond donors (Lipinski definition) is 1. The van der Waals surface area contributed by atoms with Crippen molar-refractivity contribution in [1.29, 1.82) is 0 Å². The van der Waals surface area contributed by atoms with Crippen molar-refractivity contribution < 1.29 is 23.7 Å². The quantitative estimate of drug-likeness (QED) is 0.794. The number of hydrogen-bond acceptors (Lipinski definition) is 6. The molecule has 0 unspecified atom stereocenters. The summed E-state index contributed by atoms with van der Waals surface area (Å²) in [6.07, 6.45) is -0.386. The number of fused-ring (bicyclic) bond motifs is 1. The van der Waals surface area contributed by atoms with Gasteiger partial charge in [-0.3, -0.25) is 0 Å². The second-order valence-corrected chi connectivity index (χ2v) is 8.01. The Kier molecular flexibility index (Phi) is 5.18. The number of aromatic nitrogens is 1. The normalized spacial score (nSPS) is 25.3. The van der Waals surface area contributed by atoms with E-state index in [0.29, 0.717) is 32.0 Å². The molecule has 3 heterocycles. The molecule has 152 valence electrons. The molecule has 7 heteroatoms. The van der Waals surface area contributed by atoms with E-state index in [1.54, 1.807) is 0 Å². The van der Waals surface area contributed by atoms with Crippen molar-refractivity contribution in [2.75, 3.05) is 33.5 Å². The number of methoxy groups -OCH3 is 1. The number of nitrogens with one attached hydrogen (secondary N) is 1. The Morgan fingerprint density at radius 3 is 2.57 bits per heavy atom. The van der Waals surface area contributed by atoms with Crippen LogP contribution < -0.4 is 5.32 Å². The van der Waals surface area contributed by atoms with Gasteiger partial charge in [-0.05, 0) is 26.8 Å². The third-order valence-electron chi connectivity index (χ3n) is 5.66. The molecule has 0 amide bonds. The zero-order valence-electron chi connectivity index (χ0n) is 16.9. The summed E-state index contributed by atoms with van der Waals surface area (Å²) < 4.78 is 24.5. The van der Waals surface area contributed by atoms with Gasteiger partial charge in [0.05, 0.1) is 56.7 Å². The Labute approximate surface area is 164 Å². The predicted molar refractivity (Wildman–Crippen MR) is 105 cm³/mol. The number of carbonyl (C=O) groups excluding carboxylic acids is 1. The first-order chi connectivity index (χ1) is 13.4. The molecule has 2 fully saturated rings. The number of esters is 1. The molecule has 0 saturated carbocycles. The molecule has 1 atom stereocenters. The van der Waals surface area contributed by atoms with E-state index in [1.165, 1.54) is 7.11 Å². The van der Waals surface area contributed by atoms with E-state index in [4.69, 9.17) is 18.9 Å². The van der Waals surface area contributed by atoms with Crippen LogP contribution in [0.3, 0.4) is 0 Å². The second kappa shape index (κ2) is 7.48. The largest absolute Gasteiger partial charge is 0.465 e. The van der Waals surface area contributed by atoms with E-state index in [1.807, 2.05) is 31.2 Å². The van der Waals surface area contributed by atoms with Gasteiger partial charge in [0.1, 0.15) is 0 Å². The molecule has 28 heavy (non-hydrogen) atoms. The molecule has 2 aromatic rings. The summed E-state index contributed by atoms with van der Waals surface area (Å²) in [5.74, 6) is -0.328. The molecular formula is C21H28N2O5. The molecule has 1 aromatic carbocycles. The number of para-hydroxylation sites is 1. The lowest BCUT2D eigenvalue weighted by Gasteiger charge is -2.43. The summed E-state index contributed by atoms with van der Waals surface area (Å²) in [6, 6.07) is 7.91. The maximum absolute atomic E-state index is 12.4. The molecule has 2 aliphatic heterocycles. The molecule has 2 aliphatic rings. The number of nitrogens with zero attached hydrogens (tertiary/aromatic N) is 1. The molecule has 4 rings (SSSR count). The fraction of sp³-hybridized carbons (Fsp3) is 0.571. The van der Waals surface area contributed by atoms with Gasteiger partial charge in [0, 0.05) is 16.6 Å². The maximum atomic E-state index is 12.4. The van der Waals surface area contributed by atoms with Crippen LogP contribution in [0, 0.1) is 6.92 Å². The van der Waals surface area contributed by atoms with Crippen LogP contribution in [0.15, 0.2) is 24.3 Å². The van der Waals surface area contributed by atoms with Gasteiger partial charge >= 0.3 is 5.97 Å². The van der Waals surface area contributed by atoms with Crippen molar-refractivity contribution in [3.05, 3.63) is 35.5 Å². The van der Waals surface area contributed by atoms with Crippen molar-refractivity contribution >= 4 is 16.9 Å². The predicted octanol–water partition coefficient (Wildman–Crippen LogP) is 2.42. The zero-order valence-corrected chi connectivity index (χ0v) is 16.9. The van der Waals surface area contributed by atoms with Gasteiger partial charge < -0.3 is 28.8 Å². The fourth-order valence-corrected chi connectivity index (χ4v) is 4.26. The first kappa shape index (κ1) is 19.4. The van der Waals surface area contributed by atoms with Gasteiger partial charge in [0.2, 0.25) is 0 Å². The van der Waals surface area contributed by atoms with Crippen LogP contribution in [0.2, 0.25) is 0 Å². The van der Waals surface area contributed by atoms with E-state index < -0.39 is 0 Å². The summed E-state index contributed by atoms with van der Waals surface area (Å²) in [4.78, 5) is 12.4. The van der Waals surface area contributed by atoms with Gasteiger partial charge in [-0.1, -0.05) is 18.2 Å². The van der Waals surface area contributed by atoms with Crippen LogP contribution in [-0.2, 0) is 18.9 Å². The minimum Gasteiger partial charge on any atom is -0.465 e. The van der Waals surface area contributed by atoms with Crippen LogP contribution in [0.1, 0.15) is 35.9 Å². The first-order valence-corrected chi connectivity index (χ1v) is 9.70. The zero-order chi connectivity index (χ0) is 19.9. The minimum absolute atomic E-state index is 0.0124. The molecule has 0 aliphatic carbocycles. The molecular weight excluding hydrogens is 360 g/mol. The molecule has 1 aromatic heterocycles. The standard InChI is InChI=1S/C21H28N2O5/c1-13-18(19(24)25-4)16-7-5-6-8-17(16)23(13)14(2)20-27-9-15(10-28-20)22-21(3)11-26-12-21/h5-8,14-15,20,22H,9-12H2,1-4H3/t14-,15?,20?/m1/s1. The van der Waals surface area contributed by atoms with Gasteiger partial charge in [0.15, 0.2) is 6.29 Å². The van der Waals surface area contributed by atoms with Crippen LogP contribution in [-0.4, -0.2) is 61.9 Å². The number of rotatable bonds is 5. The first-order valence-electron chi connectivity index (χ1n) is 9.70. The molecule has 1 N–H and O–H groups in total. The number of ether oxygens (including phenoxy) is 4. The number of carbonyl (C=O) groups is 1. The Morgan fingerprint density at radius 2 is 1.96 bits per heavy atom. The van der Waals surface area contributed by atoms with E-state index in [9.17, 15) is 4.79 Å². The van der Waals surface area contributed by atoms with Crippen molar-refractivity contribution in [3.63, 3.8) is 0 Å². The highest BCUT2D eigenvalue weighted by atomic mass is 16.7. The number of benzene rings is 1. The average molecular weight is 388 g/mol. The van der Waals surface area contributed by atoms with E-state index in [2.05, 4.69) is 23.7 Å². The average Bonchev–Trinajstić information content (AvgIpc) is 2.98. The SMILES string of the molecule is COC(=O)c1c(C)n([C@H](C)C2OCC(NC3(C)COC3)CO2)c2ccccc12. The smallest absolute Gasteiger partial charge is 0.340 e. The van der Waals surface area contributed by atoms with Gasteiger partial charge in [-0.15, -0.1) is 0 Å². The van der Waals surface area contributed by atoms with Gasteiger partial charge in [0.25, 0.3) is 0 Å². The molecule has 2 saturated heterocycles.